The molecule has 4 heteroatoms. The molecule has 0 radical (unpaired) electrons. The van der Waals surface area contributed by atoms with Crippen LogP contribution in [0.3, 0.4) is 0 Å². The molecular weight excluding hydrogens is 248 g/mol. The second kappa shape index (κ2) is 5.06. The third kappa shape index (κ3) is 2.78. The van der Waals surface area contributed by atoms with Gasteiger partial charge in [-0.05, 0) is 49.4 Å². The van der Waals surface area contributed by atoms with E-state index in [2.05, 4.69) is 0 Å². The number of benzene rings is 1. The molecule has 2 rings (SSSR count). The number of hydrogen-bond acceptors (Lipinski definition) is 4. The van der Waals surface area contributed by atoms with Gasteiger partial charge < -0.3 is 10.2 Å². The summed E-state index contributed by atoms with van der Waals surface area (Å²) < 4.78 is 0. The molecule has 0 bridgehead atoms. The Kier molecular flexibility index (Phi) is 3.48. The Bertz CT molecular complexity index is 611. The first-order valence-electron chi connectivity index (χ1n) is 5.37. The summed E-state index contributed by atoms with van der Waals surface area (Å²) in [6, 6.07) is 7.83. The minimum atomic E-state index is -0.115. The van der Waals surface area contributed by atoms with Crippen LogP contribution in [0, 0.1) is 6.92 Å². The third-order valence-electron chi connectivity index (χ3n) is 2.41. The quantitative estimate of drug-likeness (QED) is 0.505. The first kappa shape index (κ1) is 12.4. The second-order valence-electron chi connectivity index (χ2n) is 3.85. The highest BCUT2D eigenvalue weighted by Crippen LogP contribution is 2.24. The summed E-state index contributed by atoms with van der Waals surface area (Å²) in [5.74, 6) is -0.0399. The third-order valence-corrected chi connectivity index (χ3v) is 3.42. The zero-order valence-electron chi connectivity index (χ0n) is 9.75. The van der Waals surface area contributed by atoms with Crippen molar-refractivity contribution in [2.75, 3.05) is 0 Å². The summed E-state index contributed by atoms with van der Waals surface area (Å²) in [7, 11) is 0. The van der Waals surface area contributed by atoms with Gasteiger partial charge in [-0.1, -0.05) is 0 Å². The fourth-order valence-electron chi connectivity index (χ4n) is 1.49. The van der Waals surface area contributed by atoms with Crippen LogP contribution in [-0.2, 0) is 0 Å². The van der Waals surface area contributed by atoms with Gasteiger partial charge >= 0.3 is 0 Å². The number of aromatic hydroxyl groups is 2. The van der Waals surface area contributed by atoms with Crippen molar-refractivity contribution in [2.24, 2.45) is 0 Å². The molecule has 3 nitrogen and oxygen atoms in total. The number of aryl methyl sites for hydroxylation is 1. The molecule has 0 aliphatic carbocycles. The highest BCUT2D eigenvalue weighted by Gasteiger charge is 2.05. The number of phenolic OH excluding ortho intramolecular Hbond substituents is 2. The van der Waals surface area contributed by atoms with Crippen molar-refractivity contribution in [3.63, 3.8) is 0 Å². The van der Waals surface area contributed by atoms with Gasteiger partial charge in [-0.2, -0.15) is 0 Å². The summed E-state index contributed by atoms with van der Waals surface area (Å²) in [6.07, 6.45) is 2.88. The van der Waals surface area contributed by atoms with Gasteiger partial charge in [0.15, 0.2) is 5.78 Å². The second-order valence-corrected chi connectivity index (χ2v) is 5.14. The standard InChI is InChI=1S/C14H12O3S/c1-9-2-7-14(18-9)13(17)5-3-10-8-11(15)4-6-12(10)16/h2-8,15-16H,1H3/b5-3+. The van der Waals surface area contributed by atoms with Crippen molar-refractivity contribution in [2.45, 2.75) is 6.92 Å². The van der Waals surface area contributed by atoms with Crippen molar-refractivity contribution in [3.05, 3.63) is 51.7 Å². The van der Waals surface area contributed by atoms with E-state index in [9.17, 15) is 15.0 Å². The van der Waals surface area contributed by atoms with E-state index in [1.807, 2.05) is 13.0 Å². The number of allylic oxidation sites excluding steroid dienone is 1. The van der Waals surface area contributed by atoms with Crippen molar-refractivity contribution in [1.82, 2.24) is 0 Å². The van der Waals surface area contributed by atoms with Crippen molar-refractivity contribution in [1.29, 1.82) is 0 Å². The minimum absolute atomic E-state index is 0.0270. The Hall–Kier alpha value is -2.07. The van der Waals surface area contributed by atoms with E-state index >= 15 is 0 Å². The average Bonchev–Trinajstić information content (AvgIpc) is 2.77. The summed E-state index contributed by atoms with van der Waals surface area (Å²) in [5.41, 5.74) is 0.414. The van der Waals surface area contributed by atoms with Gasteiger partial charge in [0.1, 0.15) is 11.5 Å². The monoisotopic (exact) mass is 260 g/mol. The number of thiophene rings is 1. The molecule has 1 aromatic carbocycles. The van der Waals surface area contributed by atoms with Gasteiger partial charge in [-0.3, -0.25) is 4.79 Å². The molecule has 0 fully saturated rings. The van der Waals surface area contributed by atoms with E-state index in [0.29, 0.717) is 10.4 Å². The lowest BCUT2D eigenvalue weighted by Crippen LogP contribution is -1.88. The molecule has 1 aromatic heterocycles. The summed E-state index contributed by atoms with van der Waals surface area (Å²) in [5, 5.41) is 18.8. The number of carbonyl (C=O) groups is 1. The molecule has 2 aromatic rings. The van der Waals surface area contributed by atoms with Crippen LogP contribution in [0.5, 0.6) is 11.5 Å². The largest absolute Gasteiger partial charge is 0.508 e. The maximum Gasteiger partial charge on any atom is 0.195 e. The molecular formula is C14H12O3S. The van der Waals surface area contributed by atoms with Crippen molar-refractivity contribution in [3.8, 4) is 11.5 Å². The van der Waals surface area contributed by atoms with E-state index in [0.717, 1.165) is 4.88 Å². The van der Waals surface area contributed by atoms with E-state index in [4.69, 9.17) is 0 Å². The maximum atomic E-state index is 11.8. The number of hydrogen-bond donors (Lipinski definition) is 2. The van der Waals surface area contributed by atoms with E-state index in [-0.39, 0.29) is 17.3 Å². The van der Waals surface area contributed by atoms with Crippen LogP contribution < -0.4 is 0 Å². The molecule has 0 spiro atoms. The normalized spacial score (nSPS) is 10.9. The topological polar surface area (TPSA) is 57.5 Å². The predicted octanol–water partition coefficient (Wildman–Crippen LogP) is 3.36. The van der Waals surface area contributed by atoms with Crippen LogP contribution in [0.1, 0.15) is 20.1 Å². The molecule has 0 saturated carbocycles. The summed E-state index contributed by atoms with van der Waals surface area (Å²) >= 11 is 1.43. The molecule has 0 aliphatic heterocycles. The smallest absolute Gasteiger partial charge is 0.195 e. The van der Waals surface area contributed by atoms with Crippen molar-refractivity contribution >= 4 is 23.2 Å². The van der Waals surface area contributed by atoms with Gasteiger partial charge in [0.2, 0.25) is 0 Å². The number of ketones is 1. The van der Waals surface area contributed by atoms with Crippen molar-refractivity contribution < 1.29 is 15.0 Å². The Morgan fingerprint density at radius 3 is 2.67 bits per heavy atom. The molecule has 0 amide bonds. The summed E-state index contributed by atoms with van der Waals surface area (Å²) in [4.78, 5) is 13.5. The fraction of sp³-hybridized carbons (Fsp3) is 0.0714. The lowest BCUT2D eigenvalue weighted by Gasteiger charge is -1.99. The van der Waals surface area contributed by atoms with Crippen LogP contribution in [0.2, 0.25) is 0 Å². The zero-order chi connectivity index (χ0) is 13.1. The first-order valence-corrected chi connectivity index (χ1v) is 6.19. The maximum absolute atomic E-state index is 11.8. The van der Waals surface area contributed by atoms with E-state index in [1.165, 1.54) is 41.7 Å². The molecule has 0 aliphatic rings. The minimum Gasteiger partial charge on any atom is -0.508 e. The molecule has 18 heavy (non-hydrogen) atoms. The number of carbonyl (C=O) groups excluding carboxylic acids is 1. The molecule has 0 atom stereocenters. The van der Waals surface area contributed by atoms with Gasteiger partial charge in [-0.25, -0.2) is 0 Å². The molecule has 0 unspecified atom stereocenters. The van der Waals surface area contributed by atoms with Gasteiger partial charge in [0.05, 0.1) is 4.88 Å². The number of phenols is 2. The van der Waals surface area contributed by atoms with Crippen LogP contribution >= 0.6 is 11.3 Å². The molecule has 0 saturated heterocycles. The first-order chi connectivity index (χ1) is 8.56. The summed E-state index contributed by atoms with van der Waals surface area (Å²) in [6.45, 7) is 1.94. The Labute approximate surface area is 109 Å². The molecule has 1 heterocycles. The lowest BCUT2D eigenvalue weighted by molar-refractivity contribution is 0.105. The lowest BCUT2D eigenvalue weighted by atomic mass is 10.1. The SMILES string of the molecule is Cc1ccc(C(=O)/C=C/c2cc(O)ccc2O)s1. The van der Waals surface area contributed by atoms with Gasteiger partial charge in [0.25, 0.3) is 0 Å². The predicted molar refractivity (Wildman–Crippen MR) is 72.2 cm³/mol. The van der Waals surface area contributed by atoms with Gasteiger partial charge in [0, 0.05) is 10.4 Å². The van der Waals surface area contributed by atoms with Crippen LogP contribution in [0.15, 0.2) is 36.4 Å². The van der Waals surface area contributed by atoms with E-state index in [1.54, 1.807) is 6.07 Å². The fourth-order valence-corrected chi connectivity index (χ4v) is 2.28. The van der Waals surface area contributed by atoms with Gasteiger partial charge in [-0.15, -0.1) is 11.3 Å². The zero-order valence-corrected chi connectivity index (χ0v) is 10.6. The van der Waals surface area contributed by atoms with E-state index < -0.39 is 0 Å². The van der Waals surface area contributed by atoms with Crippen LogP contribution in [0.25, 0.3) is 6.08 Å². The van der Waals surface area contributed by atoms with Crippen LogP contribution in [-0.4, -0.2) is 16.0 Å². The van der Waals surface area contributed by atoms with Crippen LogP contribution in [0.4, 0.5) is 0 Å². The Balaban J connectivity index is 2.20. The average molecular weight is 260 g/mol. The number of rotatable bonds is 3. The Morgan fingerprint density at radius 2 is 2.00 bits per heavy atom. The molecule has 2 N–H and O–H groups in total. The Morgan fingerprint density at radius 1 is 1.22 bits per heavy atom. The highest BCUT2D eigenvalue weighted by molar-refractivity contribution is 7.14. The highest BCUT2D eigenvalue weighted by atomic mass is 32.1. The molecule has 92 valence electrons.